The maximum Gasteiger partial charge on any atom is 0.226 e. The molecule has 20 heavy (non-hydrogen) atoms. The molecule has 112 valence electrons. The van der Waals surface area contributed by atoms with Crippen LogP contribution in [-0.2, 0) is 0 Å². The van der Waals surface area contributed by atoms with Gasteiger partial charge in [0.05, 0.1) is 0 Å². The molecule has 1 rings (SSSR count). The maximum atomic E-state index is 7.54. The molecule has 0 amide bonds. The van der Waals surface area contributed by atoms with Gasteiger partial charge < -0.3 is 15.5 Å². The Morgan fingerprint density at radius 1 is 1.30 bits per heavy atom. The van der Waals surface area contributed by atoms with Crippen molar-refractivity contribution in [2.45, 2.75) is 20.8 Å². The van der Waals surface area contributed by atoms with Crippen LogP contribution in [0.3, 0.4) is 0 Å². The van der Waals surface area contributed by atoms with Crippen molar-refractivity contribution in [3.8, 4) is 0 Å². The van der Waals surface area contributed by atoms with Gasteiger partial charge in [0, 0.05) is 25.3 Å². The number of nitrogens with zero attached hydrogens (tertiary/aromatic N) is 4. The predicted octanol–water partition coefficient (Wildman–Crippen LogP) is 1.09. The van der Waals surface area contributed by atoms with E-state index in [1.807, 2.05) is 21.0 Å². The molecule has 6 heteroatoms. The van der Waals surface area contributed by atoms with Crippen LogP contribution in [-0.4, -0.2) is 54.4 Å². The lowest BCUT2D eigenvalue weighted by atomic mass is 10.2. The van der Waals surface area contributed by atoms with Gasteiger partial charge in [-0.25, -0.2) is 9.97 Å². The lowest BCUT2D eigenvalue weighted by Gasteiger charge is -2.26. The van der Waals surface area contributed by atoms with E-state index in [4.69, 9.17) is 11.1 Å². The van der Waals surface area contributed by atoms with Crippen LogP contribution in [0.4, 0.5) is 5.95 Å². The number of aromatic nitrogens is 2. The van der Waals surface area contributed by atoms with Crippen molar-refractivity contribution >= 4 is 11.8 Å². The number of hydrogen-bond acceptors (Lipinski definition) is 5. The van der Waals surface area contributed by atoms with Crippen molar-refractivity contribution in [3.05, 3.63) is 17.5 Å². The topological polar surface area (TPSA) is 82.1 Å². The summed E-state index contributed by atoms with van der Waals surface area (Å²) in [4.78, 5) is 13.2. The quantitative estimate of drug-likeness (QED) is 0.576. The third kappa shape index (κ3) is 5.13. The normalized spacial score (nSPS) is 11.2. The average Bonchev–Trinajstić information content (AvgIpc) is 2.32. The number of rotatable bonds is 7. The average molecular weight is 278 g/mol. The number of nitrogens with two attached hydrogens (primary N) is 1. The highest BCUT2D eigenvalue weighted by atomic mass is 15.3. The van der Waals surface area contributed by atoms with Gasteiger partial charge in [0.15, 0.2) is 0 Å². The highest BCUT2D eigenvalue weighted by Gasteiger charge is 2.14. The van der Waals surface area contributed by atoms with E-state index in [-0.39, 0.29) is 5.84 Å². The van der Waals surface area contributed by atoms with Crippen LogP contribution in [0.5, 0.6) is 0 Å². The van der Waals surface area contributed by atoms with Crippen molar-refractivity contribution in [3.63, 3.8) is 0 Å². The molecular formula is C14H26N6. The maximum absolute atomic E-state index is 7.54. The summed E-state index contributed by atoms with van der Waals surface area (Å²) < 4.78 is 0. The molecule has 6 nitrogen and oxygen atoms in total. The lowest BCUT2D eigenvalue weighted by molar-refractivity contribution is 0.407. The predicted molar refractivity (Wildman–Crippen MR) is 83.4 cm³/mol. The zero-order valence-electron chi connectivity index (χ0n) is 13.1. The van der Waals surface area contributed by atoms with Gasteiger partial charge in [-0.3, -0.25) is 5.41 Å². The Labute approximate surface area is 121 Å². The number of hydrogen-bond donors (Lipinski definition) is 2. The van der Waals surface area contributed by atoms with Crippen LogP contribution >= 0.6 is 0 Å². The van der Waals surface area contributed by atoms with E-state index in [9.17, 15) is 0 Å². The lowest BCUT2D eigenvalue weighted by Crippen LogP contribution is -2.36. The monoisotopic (exact) mass is 278 g/mol. The molecule has 0 radical (unpaired) electrons. The zero-order valence-corrected chi connectivity index (χ0v) is 13.1. The Bertz CT molecular complexity index is 455. The molecule has 0 saturated carbocycles. The summed E-state index contributed by atoms with van der Waals surface area (Å²) in [5.74, 6) is 1.15. The van der Waals surface area contributed by atoms with E-state index in [2.05, 4.69) is 33.6 Å². The molecule has 1 aromatic heterocycles. The molecule has 0 aliphatic carbocycles. The van der Waals surface area contributed by atoms with Gasteiger partial charge in [0.2, 0.25) is 5.95 Å². The minimum absolute atomic E-state index is 0.0196. The highest BCUT2D eigenvalue weighted by molar-refractivity contribution is 5.93. The largest absolute Gasteiger partial charge is 0.382 e. The first-order valence-electron chi connectivity index (χ1n) is 6.89. The van der Waals surface area contributed by atoms with E-state index in [1.165, 1.54) is 0 Å². The van der Waals surface area contributed by atoms with Crippen molar-refractivity contribution in [2.75, 3.05) is 38.6 Å². The van der Waals surface area contributed by atoms with E-state index in [0.29, 0.717) is 17.6 Å². The molecule has 0 saturated heterocycles. The van der Waals surface area contributed by atoms with E-state index < -0.39 is 0 Å². The summed E-state index contributed by atoms with van der Waals surface area (Å²) in [7, 11) is 4.09. The summed E-state index contributed by atoms with van der Waals surface area (Å²) in [6.45, 7) is 8.91. The molecule has 0 atom stereocenters. The summed E-state index contributed by atoms with van der Waals surface area (Å²) in [5.41, 5.74) is 6.87. The number of aryl methyl sites for hydroxylation is 1. The van der Waals surface area contributed by atoms with Gasteiger partial charge in [0.25, 0.3) is 0 Å². The van der Waals surface area contributed by atoms with Crippen LogP contribution in [0.25, 0.3) is 0 Å². The summed E-state index contributed by atoms with van der Waals surface area (Å²) in [6.07, 6.45) is 0. The molecule has 0 aromatic carbocycles. The first-order valence-corrected chi connectivity index (χ1v) is 6.89. The number of nitrogens with one attached hydrogen (secondary N) is 1. The Kier molecular flexibility index (Phi) is 5.88. The SMILES string of the molecule is Cc1cc(C(=N)N)nc(N(CCN(C)C)CC(C)C)n1. The number of nitrogen functional groups attached to an aromatic ring is 1. The molecule has 1 aromatic rings. The smallest absolute Gasteiger partial charge is 0.226 e. The van der Waals surface area contributed by atoms with Gasteiger partial charge >= 0.3 is 0 Å². The van der Waals surface area contributed by atoms with Crippen molar-refractivity contribution in [2.24, 2.45) is 11.7 Å². The minimum Gasteiger partial charge on any atom is -0.382 e. The third-order valence-electron chi connectivity index (χ3n) is 2.80. The molecule has 0 fully saturated rings. The van der Waals surface area contributed by atoms with Gasteiger partial charge in [-0.15, -0.1) is 0 Å². The first kappa shape index (κ1) is 16.4. The van der Waals surface area contributed by atoms with E-state index in [1.54, 1.807) is 6.07 Å². The van der Waals surface area contributed by atoms with E-state index >= 15 is 0 Å². The third-order valence-corrected chi connectivity index (χ3v) is 2.80. The zero-order chi connectivity index (χ0) is 15.3. The Morgan fingerprint density at radius 3 is 2.45 bits per heavy atom. The standard InChI is InChI=1S/C14H26N6/c1-10(2)9-20(7-6-19(4)5)14-17-11(3)8-12(18-14)13(15)16/h8,10H,6-7,9H2,1-5H3,(H3,15,16). The molecule has 3 N–H and O–H groups in total. The van der Waals surface area contributed by atoms with Crippen LogP contribution in [0, 0.1) is 18.3 Å². The van der Waals surface area contributed by atoms with Crippen LogP contribution in [0.15, 0.2) is 6.07 Å². The molecule has 1 heterocycles. The summed E-state index contributed by atoms with van der Waals surface area (Å²) in [5, 5.41) is 7.54. The van der Waals surface area contributed by atoms with Gasteiger partial charge in [-0.05, 0) is 33.0 Å². The van der Waals surface area contributed by atoms with Crippen LogP contribution < -0.4 is 10.6 Å². The first-order chi connectivity index (χ1) is 9.29. The van der Waals surface area contributed by atoms with Gasteiger partial charge in [-0.2, -0.15) is 0 Å². The summed E-state index contributed by atoms with van der Waals surface area (Å²) >= 11 is 0. The van der Waals surface area contributed by atoms with E-state index in [0.717, 1.165) is 25.3 Å². The highest BCUT2D eigenvalue weighted by Crippen LogP contribution is 2.12. The van der Waals surface area contributed by atoms with Gasteiger partial charge in [0.1, 0.15) is 11.5 Å². The fourth-order valence-electron chi connectivity index (χ4n) is 1.87. The minimum atomic E-state index is -0.0196. The van der Waals surface area contributed by atoms with Crippen molar-refractivity contribution < 1.29 is 0 Å². The van der Waals surface area contributed by atoms with Crippen LogP contribution in [0.1, 0.15) is 25.2 Å². The Balaban J connectivity index is 3.02. The van der Waals surface area contributed by atoms with Crippen molar-refractivity contribution in [1.82, 2.24) is 14.9 Å². The summed E-state index contributed by atoms with van der Waals surface area (Å²) in [6, 6.07) is 1.74. The molecule has 0 aliphatic rings. The van der Waals surface area contributed by atoms with Crippen molar-refractivity contribution in [1.29, 1.82) is 5.41 Å². The molecule has 0 aliphatic heterocycles. The molecule has 0 bridgehead atoms. The number of likely N-dealkylation sites (N-methyl/N-ethyl adjacent to an activating group) is 1. The molecule has 0 unspecified atom stereocenters. The fraction of sp³-hybridized carbons (Fsp3) is 0.643. The Hall–Kier alpha value is -1.69. The molecule has 0 spiro atoms. The second-order valence-electron chi connectivity index (χ2n) is 5.75. The fourth-order valence-corrected chi connectivity index (χ4v) is 1.87. The molecular weight excluding hydrogens is 252 g/mol. The second-order valence-corrected chi connectivity index (χ2v) is 5.75. The van der Waals surface area contributed by atoms with Gasteiger partial charge in [-0.1, -0.05) is 13.8 Å². The number of amidine groups is 1. The second kappa shape index (κ2) is 7.19. The Morgan fingerprint density at radius 2 is 1.95 bits per heavy atom. The van der Waals surface area contributed by atoms with Crippen LogP contribution in [0.2, 0.25) is 0 Å². The number of anilines is 1.